The van der Waals surface area contributed by atoms with Crippen molar-refractivity contribution in [2.24, 2.45) is 5.92 Å². The van der Waals surface area contributed by atoms with Crippen molar-refractivity contribution in [1.82, 2.24) is 0 Å². The molecule has 4 atom stereocenters. The minimum atomic E-state index is -3.87. The lowest BCUT2D eigenvalue weighted by Crippen LogP contribution is -2.55. The Morgan fingerprint density at radius 2 is 1.44 bits per heavy atom. The first-order chi connectivity index (χ1) is 16.4. The summed E-state index contributed by atoms with van der Waals surface area (Å²) in [6.45, 7) is 10.9. The molecule has 0 bridgehead atoms. The monoisotopic (exact) mass is 500 g/mol. The fraction of sp³-hybridized carbons (Fsp3) is 0.769. The van der Waals surface area contributed by atoms with Crippen molar-refractivity contribution >= 4 is 10.1 Å². The molecule has 1 aliphatic heterocycles. The lowest BCUT2D eigenvalue weighted by atomic mass is 9.92. The summed E-state index contributed by atoms with van der Waals surface area (Å²) in [4.78, 5) is 0.149. The van der Waals surface area contributed by atoms with Crippen LogP contribution < -0.4 is 0 Å². The topological polar surface area (TPSA) is 80.3 Å². The fourth-order valence-corrected chi connectivity index (χ4v) is 4.72. The predicted molar refractivity (Wildman–Crippen MR) is 133 cm³/mol. The molecule has 1 saturated heterocycles. The van der Waals surface area contributed by atoms with E-state index in [9.17, 15) is 8.42 Å². The number of unbranched alkanes of at least 4 members (excludes halogenated alkanes) is 3. The normalized spacial score (nSPS) is 23.3. The first-order valence-electron chi connectivity index (χ1n) is 12.8. The number of rotatable bonds is 17. The average molecular weight is 501 g/mol. The molecule has 0 amide bonds. The number of benzene rings is 1. The van der Waals surface area contributed by atoms with E-state index in [0.29, 0.717) is 33.0 Å². The van der Waals surface area contributed by atoms with Crippen molar-refractivity contribution in [2.45, 2.75) is 89.4 Å². The Balaban J connectivity index is 2.12. The second-order valence-electron chi connectivity index (χ2n) is 8.99. The van der Waals surface area contributed by atoms with Crippen LogP contribution in [0, 0.1) is 12.8 Å². The van der Waals surface area contributed by atoms with Crippen LogP contribution in [0.5, 0.6) is 0 Å². The maximum absolute atomic E-state index is 12.8. The Morgan fingerprint density at radius 3 is 2.06 bits per heavy atom. The highest BCUT2D eigenvalue weighted by Crippen LogP contribution is 2.28. The van der Waals surface area contributed by atoms with E-state index >= 15 is 0 Å². The molecule has 1 aromatic rings. The summed E-state index contributed by atoms with van der Waals surface area (Å²) < 4.78 is 55.5. The van der Waals surface area contributed by atoms with Crippen LogP contribution in [0.4, 0.5) is 0 Å². The summed E-state index contributed by atoms with van der Waals surface area (Å²) in [5.74, 6) is -0.268. The molecule has 34 heavy (non-hydrogen) atoms. The third-order valence-corrected chi connectivity index (χ3v) is 7.26. The van der Waals surface area contributed by atoms with E-state index < -0.39 is 10.1 Å². The highest BCUT2D eigenvalue weighted by molar-refractivity contribution is 7.86. The summed E-state index contributed by atoms with van der Waals surface area (Å²) in [6, 6.07) is 6.66. The highest BCUT2D eigenvalue weighted by atomic mass is 32.2. The average Bonchev–Trinajstić information content (AvgIpc) is 2.82. The van der Waals surface area contributed by atoms with Crippen LogP contribution in [-0.4, -0.2) is 66.4 Å². The maximum Gasteiger partial charge on any atom is 0.296 e. The zero-order chi connectivity index (χ0) is 24.8. The van der Waals surface area contributed by atoms with E-state index in [4.69, 9.17) is 23.1 Å². The van der Waals surface area contributed by atoms with Crippen LogP contribution in [0.1, 0.15) is 64.9 Å². The van der Waals surface area contributed by atoms with E-state index in [1.807, 2.05) is 6.92 Å². The minimum Gasteiger partial charge on any atom is -0.379 e. The van der Waals surface area contributed by atoms with Gasteiger partial charge in [0.2, 0.25) is 0 Å². The van der Waals surface area contributed by atoms with Gasteiger partial charge in [-0.25, -0.2) is 0 Å². The Labute approximate surface area is 206 Å². The molecule has 0 aliphatic carbocycles. The molecule has 2 rings (SSSR count). The van der Waals surface area contributed by atoms with Crippen LogP contribution in [0.3, 0.4) is 0 Å². The molecule has 196 valence electrons. The van der Waals surface area contributed by atoms with Gasteiger partial charge in [0.05, 0.1) is 30.8 Å². The minimum absolute atomic E-state index is 0.0238. The molecule has 0 radical (unpaired) electrons. The van der Waals surface area contributed by atoms with Gasteiger partial charge in [-0.1, -0.05) is 57.7 Å². The molecule has 0 spiro atoms. The van der Waals surface area contributed by atoms with E-state index in [1.54, 1.807) is 24.3 Å². The van der Waals surface area contributed by atoms with Crippen LogP contribution in [0.15, 0.2) is 29.2 Å². The molecular formula is C26H44O7S. The molecule has 1 aliphatic rings. The molecule has 1 fully saturated rings. The predicted octanol–water partition coefficient (Wildman–Crippen LogP) is 4.90. The summed E-state index contributed by atoms with van der Waals surface area (Å²) >= 11 is 0. The van der Waals surface area contributed by atoms with Gasteiger partial charge < -0.3 is 18.9 Å². The van der Waals surface area contributed by atoms with Gasteiger partial charge in [-0.3, -0.25) is 4.18 Å². The third-order valence-electron chi connectivity index (χ3n) is 5.97. The smallest absolute Gasteiger partial charge is 0.296 e. The quantitative estimate of drug-likeness (QED) is 0.222. The molecule has 1 aromatic carbocycles. The Bertz CT molecular complexity index is 766. The van der Waals surface area contributed by atoms with Crippen LogP contribution >= 0.6 is 0 Å². The van der Waals surface area contributed by atoms with Gasteiger partial charge in [0, 0.05) is 25.7 Å². The van der Waals surface area contributed by atoms with Gasteiger partial charge in [0.15, 0.2) is 0 Å². The van der Waals surface area contributed by atoms with Crippen LogP contribution in [0.2, 0.25) is 0 Å². The van der Waals surface area contributed by atoms with Gasteiger partial charge in [0.25, 0.3) is 10.1 Å². The molecule has 7 nitrogen and oxygen atoms in total. The SMILES string of the molecule is CCCCOC[C@H]1OC[C@@H](COS(=O)(=O)c2ccc(C)cc2)[C@@H](OCCCC)[C@H]1OCCCC. The van der Waals surface area contributed by atoms with Crippen molar-refractivity contribution in [3.8, 4) is 0 Å². The zero-order valence-corrected chi connectivity index (χ0v) is 22.2. The summed E-state index contributed by atoms with van der Waals surface area (Å²) in [7, 11) is -3.87. The van der Waals surface area contributed by atoms with Crippen LogP contribution in [-0.2, 0) is 33.2 Å². The second kappa shape index (κ2) is 15.9. The van der Waals surface area contributed by atoms with Crippen LogP contribution in [0.25, 0.3) is 0 Å². The van der Waals surface area contributed by atoms with Gasteiger partial charge in [-0.15, -0.1) is 0 Å². The maximum atomic E-state index is 12.8. The summed E-state index contributed by atoms with van der Waals surface area (Å²) in [5.41, 5.74) is 0.989. The number of aryl methyl sites for hydroxylation is 1. The highest BCUT2D eigenvalue weighted by Gasteiger charge is 2.43. The van der Waals surface area contributed by atoms with E-state index in [-0.39, 0.29) is 35.7 Å². The zero-order valence-electron chi connectivity index (χ0n) is 21.4. The largest absolute Gasteiger partial charge is 0.379 e. The second-order valence-corrected chi connectivity index (χ2v) is 10.6. The van der Waals surface area contributed by atoms with E-state index in [0.717, 1.165) is 44.1 Å². The number of hydrogen-bond donors (Lipinski definition) is 0. The number of hydrogen-bond acceptors (Lipinski definition) is 7. The van der Waals surface area contributed by atoms with Crippen molar-refractivity contribution < 1.29 is 31.5 Å². The van der Waals surface area contributed by atoms with Gasteiger partial charge in [-0.05, 0) is 38.3 Å². The Kier molecular flexibility index (Phi) is 13.6. The first kappa shape index (κ1) is 29.2. The lowest BCUT2D eigenvalue weighted by molar-refractivity contribution is -0.216. The Hall–Kier alpha value is -1.03. The standard InChI is InChI=1S/C26H44O7S/c1-5-8-15-29-20-24-26(31-17-10-7-3)25(30-16-9-6-2)22(18-32-24)19-33-34(27,28)23-13-11-21(4)12-14-23/h11-14,22,24-26H,5-10,15-20H2,1-4H3/t22-,24+,25+,26-/m0/s1. The molecule has 0 unspecified atom stereocenters. The molecule has 0 saturated carbocycles. The van der Waals surface area contributed by atoms with E-state index in [2.05, 4.69) is 20.8 Å². The molecule has 0 N–H and O–H groups in total. The Morgan fingerprint density at radius 1 is 0.853 bits per heavy atom. The first-order valence-corrected chi connectivity index (χ1v) is 14.2. The third kappa shape index (κ3) is 9.55. The van der Waals surface area contributed by atoms with Crippen molar-refractivity contribution in [3.05, 3.63) is 29.8 Å². The lowest BCUT2D eigenvalue weighted by Gasteiger charge is -2.42. The van der Waals surface area contributed by atoms with E-state index in [1.165, 1.54) is 0 Å². The molecular weight excluding hydrogens is 456 g/mol. The summed E-state index contributed by atoms with van der Waals surface area (Å²) in [6.07, 6.45) is 5.03. The van der Waals surface area contributed by atoms with Crippen molar-refractivity contribution in [3.63, 3.8) is 0 Å². The van der Waals surface area contributed by atoms with Crippen molar-refractivity contribution in [1.29, 1.82) is 0 Å². The fourth-order valence-electron chi connectivity index (χ4n) is 3.76. The van der Waals surface area contributed by atoms with Gasteiger partial charge in [-0.2, -0.15) is 8.42 Å². The molecule has 8 heteroatoms. The molecule has 1 heterocycles. The number of ether oxygens (including phenoxy) is 4. The van der Waals surface area contributed by atoms with Crippen molar-refractivity contribution in [2.75, 3.05) is 39.6 Å². The summed E-state index contributed by atoms with van der Waals surface area (Å²) in [5, 5.41) is 0. The van der Waals surface area contributed by atoms with Gasteiger partial charge >= 0.3 is 0 Å². The molecule has 0 aromatic heterocycles. The van der Waals surface area contributed by atoms with Gasteiger partial charge in [0.1, 0.15) is 12.2 Å².